The summed E-state index contributed by atoms with van der Waals surface area (Å²) in [4.78, 5) is 95.4. The smallest absolute Gasteiger partial charge is 0.413 e. The van der Waals surface area contributed by atoms with E-state index < -0.39 is 96.6 Å². The lowest BCUT2D eigenvalue weighted by atomic mass is 9.98. The average molecular weight is 749 g/mol. The van der Waals surface area contributed by atoms with Gasteiger partial charge in [-0.25, -0.2) is 24.7 Å². The predicted molar refractivity (Wildman–Crippen MR) is 177 cm³/mol. The van der Waals surface area contributed by atoms with Gasteiger partial charge in [-0.2, -0.15) is 0 Å². The molecule has 1 saturated heterocycles. The molecule has 2 amide bonds. The quantitative estimate of drug-likeness (QED) is 0.0571. The first-order chi connectivity index (χ1) is 24.0. The fraction of sp³-hybridized carbons (Fsp3) is 0.750. The van der Waals surface area contributed by atoms with Gasteiger partial charge >= 0.3 is 42.0 Å². The SMILES string of the molecule is CCOC(=O)NC(=NCCC[C@H](NC(=O)OC(C)(C)C)C(=O)OC(C)(C)C)NO[C@@H]1OC(COC(C)=O)[C@H](OC(C)=O)C(OC(C)=O)[C@@H]1OC(C)=O. The molecule has 6 atom stereocenters. The molecule has 0 aromatic rings. The van der Waals surface area contributed by atoms with Crippen LogP contribution in [0.15, 0.2) is 4.99 Å². The lowest BCUT2D eigenvalue weighted by Gasteiger charge is -2.43. The standard InChI is InChI=1S/C32H52N4O16/c1-12-44-29(42)35-28(33-15-13-14-21(26(41)50-31(6,7)8)34-30(43)51-32(9,10)11)36-52-27-25(48-20(5)40)24(47-19(4)39)23(46-18(3)38)22(49-27)16-45-17(2)37/h21-25,27H,12-16H2,1-11H3,(H,34,43)(H2,33,35,36,42)/t21-,22?,23-,24?,25-,27-/m0/s1. The average Bonchev–Trinajstić information content (AvgIpc) is 2.96. The number of esters is 5. The zero-order valence-electron chi connectivity index (χ0n) is 31.5. The second-order valence-electron chi connectivity index (χ2n) is 13.2. The summed E-state index contributed by atoms with van der Waals surface area (Å²) in [5.74, 6) is -4.30. The van der Waals surface area contributed by atoms with Gasteiger partial charge < -0.3 is 43.2 Å². The number of carbonyl (C=O) groups is 7. The van der Waals surface area contributed by atoms with Crippen LogP contribution < -0.4 is 16.1 Å². The number of alkyl carbamates (subject to hydrolysis) is 2. The number of hydrogen-bond acceptors (Lipinski definition) is 17. The summed E-state index contributed by atoms with van der Waals surface area (Å²) in [7, 11) is 0. The van der Waals surface area contributed by atoms with E-state index in [0.29, 0.717) is 0 Å². The topological polar surface area (TPSA) is 251 Å². The first kappa shape index (κ1) is 45.3. The Labute approximate surface area is 302 Å². The van der Waals surface area contributed by atoms with E-state index in [1.807, 2.05) is 0 Å². The van der Waals surface area contributed by atoms with E-state index >= 15 is 0 Å². The molecule has 1 rings (SSSR count). The van der Waals surface area contributed by atoms with Crippen molar-refractivity contribution in [3.63, 3.8) is 0 Å². The van der Waals surface area contributed by atoms with Crippen molar-refractivity contribution in [1.29, 1.82) is 0 Å². The molecule has 0 aromatic heterocycles. The van der Waals surface area contributed by atoms with Gasteiger partial charge in [-0.3, -0.25) is 29.5 Å². The molecule has 0 spiro atoms. The van der Waals surface area contributed by atoms with E-state index in [9.17, 15) is 33.6 Å². The third-order valence-electron chi connectivity index (χ3n) is 6.02. The molecule has 3 N–H and O–H groups in total. The van der Waals surface area contributed by atoms with Crippen molar-refractivity contribution in [3.8, 4) is 0 Å². The van der Waals surface area contributed by atoms with Gasteiger partial charge in [0, 0.05) is 34.2 Å². The van der Waals surface area contributed by atoms with Crippen LogP contribution in [-0.4, -0.2) is 116 Å². The maximum absolute atomic E-state index is 12.9. The van der Waals surface area contributed by atoms with Crippen molar-refractivity contribution in [2.45, 2.75) is 137 Å². The number of ether oxygens (including phenoxy) is 8. The van der Waals surface area contributed by atoms with Crippen LogP contribution in [0.2, 0.25) is 0 Å². The summed E-state index contributed by atoms with van der Waals surface area (Å²) in [5.41, 5.74) is 0.700. The van der Waals surface area contributed by atoms with Gasteiger partial charge in [0.1, 0.15) is 30.0 Å². The third-order valence-corrected chi connectivity index (χ3v) is 6.02. The van der Waals surface area contributed by atoms with Gasteiger partial charge in [0.2, 0.25) is 12.2 Å². The number of nitrogens with zero attached hydrogens (tertiary/aromatic N) is 1. The lowest BCUT2D eigenvalue weighted by molar-refractivity contribution is -0.316. The molecule has 0 radical (unpaired) electrons. The van der Waals surface area contributed by atoms with E-state index in [0.717, 1.165) is 27.7 Å². The molecule has 1 fully saturated rings. The van der Waals surface area contributed by atoms with Gasteiger partial charge in [0.15, 0.2) is 18.3 Å². The van der Waals surface area contributed by atoms with Crippen LogP contribution in [0.4, 0.5) is 9.59 Å². The zero-order chi connectivity index (χ0) is 39.8. The number of carbonyl (C=O) groups excluding carboxylic acids is 7. The molecule has 52 heavy (non-hydrogen) atoms. The van der Waals surface area contributed by atoms with Crippen LogP contribution >= 0.6 is 0 Å². The maximum atomic E-state index is 12.9. The molecule has 0 aliphatic carbocycles. The Morgan fingerprint density at radius 3 is 1.81 bits per heavy atom. The van der Waals surface area contributed by atoms with E-state index in [2.05, 4.69) is 21.1 Å². The van der Waals surface area contributed by atoms with Crippen LogP contribution in [0.1, 0.15) is 89.0 Å². The van der Waals surface area contributed by atoms with Crippen molar-refractivity contribution in [1.82, 2.24) is 16.1 Å². The monoisotopic (exact) mass is 748 g/mol. The molecular weight excluding hydrogens is 696 g/mol. The highest BCUT2D eigenvalue weighted by molar-refractivity contribution is 5.93. The summed E-state index contributed by atoms with van der Waals surface area (Å²) in [6, 6.07) is -1.12. The van der Waals surface area contributed by atoms with E-state index in [1.54, 1.807) is 48.5 Å². The molecule has 1 heterocycles. The first-order valence-electron chi connectivity index (χ1n) is 16.4. The molecule has 1 aliphatic heterocycles. The summed E-state index contributed by atoms with van der Waals surface area (Å²) in [5, 5.41) is 4.83. The largest absolute Gasteiger partial charge is 0.463 e. The minimum Gasteiger partial charge on any atom is -0.463 e. The second-order valence-corrected chi connectivity index (χ2v) is 13.2. The van der Waals surface area contributed by atoms with E-state index in [1.165, 1.54) is 0 Å². The highest BCUT2D eigenvalue weighted by Crippen LogP contribution is 2.29. The van der Waals surface area contributed by atoms with Gasteiger partial charge in [-0.05, 0) is 61.3 Å². The summed E-state index contributed by atoms with van der Waals surface area (Å²) in [6.45, 7) is 15.3. The lowest BCUT2D eigenvalue weighted by Crippen LogP contribution is -2.64. The summed E-state index contributed by atoms with van der Waals surface area (Å²) >= 11 is 0. The van der Waals surface area contributed by atoms with Crippen molar-refractivity contribution < 1.29 is 76.3 Å². The van der Waals surface area contributed by atoms with Gasteiger partial charge in [-0.1, -0.05) is 0 Å². The molecule has 0 saturated carbocycles. The van der Waals surface area contributed by atoms with Gasteiger partial charge in [-0.15, -0.1) is 0 Å². The van der Waals surface area contributed by atoms with E-state index in [4.69, 9.17) is 42.7 Å². The van der Waals surface area contributed by atoms with Crippen molar-refractivity contribution in [2.75, 3.05) is 19.8 Å². The van der Waals surface area contributed by atoms with Crippen LogP contribution in [-0.2, 0) is 66.7 Å². The zero-order valence-corrected chi connectivity index (χ0v) is 31.5. The number of aliphatic imine (C=N–C) groups is 1. The Hall–Kier alpha value is -4.72. The Morgan fingerprint density at radius 1 is 0.731 bits per heavy atom. The number of hydrogen-bond donors (Lipinski definition) is 3. The minimum absolute atomic E-state index is 0.00638. The van der Waals surface area contributed by atoms with Gasteiger partial charge in [0.25, 0.3) is 0 Å². The van der Waals surface area contributed by atoms with E-state index in [-0.39, 0.29) is 32.0 Å². The summed E-state index contributed by atoms with van der Waals surface area (Å²) in [6.07, 6.45) is -9.10. The third kappa shape index (κ3) is 18.5. The molecule has 2 unspecified atom stereocenters. The molecule has 1 aliphatic rings. The molecule has 0 bridgehead atoms. The van der Waals surface area contributed by atoms with Crippen molar-refractivity contribution in [2.24, 2.45) is 4.99 Å². The van der Waals surface area contributed by atoms with Crippen LogP contribution in [0, 0.1) is 0 Å². The first-order valence-corrected chi connectivity index (χ1v) is 16.4. The van der Waals surface area contributed by atoms with Crippen LogP contribution in [0.25, 0.3) is 0 Å². The number of hydroxylamine groups is 1. The highest BCUT2D eigenvalue weighted by atomic mass is 16.8. The molecular formula is C32H52N4O16. The second kappa shape index (κ2) is 21.0. The Bertz CT molecular complexity index is 1290. The van der Waals surface area contributed by atoms with Crippen molar-refractivity contribution >= 4 is 48.0 Å². The number of amides is 2. The van der Waals surface area contributed by atoms with Crippen molar-refractivity contribution in [3.05, 3.63) is 0 Å². The molecule has 296 valence electrons. The van der Waals surface area contributed by atoms with Crippen LogP contribution in [0.5, 0.6) is 0 Å². The predicted octanol–water partition coefficient (Wildman–Crippen LogP) is 1.71. The minimum atomic E-state index is -1.66. The van der Waals surface area contributed by atoms with Gasteiger partial charge in [0.05, 0.1) is 6.61 Å². The molecule has 20 nitrogen and oxygen atoms in total. The molecule has 20 heteroatoms. The summed E-state index contributed by atoms with van der Waals surface area (Å²) < 4.78 is 42.6. The molecule has 0 aromatic carbocycles. The Kier molecular flexibility index (Phi) is 18.3. The Morgan fingerprint density at radius 2 is 1.29 bits per heavy atom. The number of nitrogens with one attached hydrogen (secondary N) is 3. The fourth-order valence-corrected chi connectivity index (χ4v) is 4.32. The maximum Gasteiger partial charge on any atom is 0.413 e. The fourth-order valence-electron chi connectivity index (χ4n) is 4.32. The number of guanidine groups is 1. The normalized spacial score (nSPS) is 21.0. The highest BCUT2D eigenvalue weighted by Gasteiger charge is 2.53. The van der Waals surface area contributed by atoms with Crippen LogP contribution in [0.3, 0.4) is 0 Å². The Balaban J connectivity index is 3.34. The number of rotatable bonds is 14.